The second-order valence-corrected chi connectivity index (χ2v) is 7.07. The minimum atomic E-state index is -0.858. The summed E-state index contributed by atoms with van der Waals surface area (Å²) in [5.74, 6) is -1.71. The molecule has 0 saturated heterocycles. The SMILES string of the molecule is Fc1ccc(-c2csc(Cc3nc4ccccc4s3)n2)cc1F. The van der Waals surface area contributed by atoms with Gasteiger partial charge < -0.3 is 0 Å². The summed E-state index contributed by atoms with van der Waals surface area (Å²) in [4.78, 5) is 9.10. The Balaban J connectivity index is 1.61. The van der Waals surface area contributed by atoms with Crippen LogP contribution in [-0.4, -0.2) is 9.97 Å². The topological polar surface area (TPSA) is 25.8 Å². The quantitative estimate of drug-likeness (QED) is 0.505. The van der Waals surface area contributed by atoms with Crippen LogP contribution < -0.4 is 0 Å². The minimum absolute atomic E-state index is 0.579. The van der Waals surface area contributed by atoms with Crippen molar-refractivity contribution < 1.29 is 8.78 Å². The fraction of sp³-hybridized carbons (Fsp3) is 0.0588. The van der Waals surface area contributed by atoms with E-state index in [0.717, 1.165) is 26.3 Å². The van der Waals surface area contributed by atoms with Crippen LogP contribution in [0.1, 0.15) is 10.0 Å². The van der Waals surface area contributed by atoms with Gasteiger partial charge in [-0.25, -0.2) is 18.7 Å². The lowest BCUT2D eigenvalue weighted by Crippen LogP contribution is -1.88. The van der Waals surface area contributed by atoms with Gasteiger partial charge in [-0.15, -0.1) is 22.7 Å². The third kappa shape index (κ3) is 2.87. The van der Waals surface area contributed by atoms with Crippen molar-refractivity contribution >= 4 is 32.9 Å². The molecule has 2 aromatic carbocycles. The van der Waals surface area contributed by atoms with Gasteiger partial charge in [0.1, 0.15) is 10.0 Å². The van der Waals surface area contributed by atoms with Crippen molar-refractivity contribution in [2.24, 2.45) is 0 Å². The molecule has 0 N–H and O–H groups in total. The van der Waals surface area contributed by atoms with Crippen LogP contribution in [0.4, 0.5) is 8.78 Å². The van der Waals surface area contributed by atoms with E-state index >= 15 is 0 Å². The van der Waals surface area contributed by atoms with Crippen molar-refractivity contribution in [3.05, 3.63) is 69.5 Å². The molecular weight excluding hydrogens is 334 g/mol. The minimum Gasteiger partial charge on any atom is -0.241 e. The van der Waals surface area contributed by atoms with E-state index in [9.17, 15) is 8.78 Å². The Labute approximate surface area is 139 Å². The van der Waals surface area contributed by atoms with Crippen LogP contribution in [0.2, 0.25) is 0 Å². The fourth-order valence-corrected chi connectivity index (χ4v) is 4.18. The fourth-order valence-electron chi connectivity index (χ4n) is 2.31. The van der Waals surface area contributed by atoms with E-state index in [1.807, 2.05) is 29.6 Å². The van der Waals surface area contributed by atoms with Crippen molar-refractivity contribution in [1.82, 2.24) is 9.97 Å². The Morgan fingerprint density at radius 2 is 1.78 bits per heavy atom. The van der Waals surface area contributed by atoms with Crippen molar-refractivity contribution in [3.8, 4) is 11.3 Å². The molecule has 0 unspecified atom stereocenters. The van der Waals surface area contributed by atoms with Crippen LogP contribution in [0.3, 0.4) is 0 Å². The molecule has 2 aromatic heterocycles. The summed E-state index contributed by atoms with van der Waals surface area (Å²) >= 11 is 3.15. The number of hydrogen-bond acceptors (Lipinski definition) is 4. The maximum absolute atomic E-state index is 13.3. The zero-order valence-corrected chi connectivity index (χ0v) is 13.4. The lowest BCUT2D eigenvalue weighted by atomic mass is 10.1. The molecule has 2 nitrogen and oxygen atoms in total. The summed E-state index contributed by atoms with van der Waals surface area (Å²) in [7, 11) is 0. The summed E-state index contributed by atoms with van der Waals surface area (Å²) in [5, 5.41) is 3.76. The lowest BCUT2D eigenvalue weighted by molar-refractivity contribution is 0.509. The van der Waals surface area contributed by atoms with Crippen LogP contribution in [0.15, 0.2) is 47.8 Å². The van der Waals surface area contributed by atoms with Gasteiger partial charge in [0.25, 0.3) is 0 Å². The molecule has 0 aliphatic carbocycles. The highest BCUT2D eigenvalue weighted by molar-refractivity contribution is 7.18. The molecule has 4 aromatic rings. The van der Waals surface area contributed by atoms with E-state index in [2.05, 4.69) is 9.97 Å². The average Bonchev–Trinajstić information content (AvgIpc) is 3.16. The van der Waals surface area contributed by atoms with Gasteiger partial charge in [0.15, 0.2) is 11.6 Å². The summed E-state index contributed by atoms with van der Waals surface area (Å²) in [6, 6.07) is 11.8. The van der Waals surface area contributed by atoms with Gasteiger partial charge in [0, 0.05) is 10.9 Å². The molecule has 0 saturated carbocycles. The van der Waals surface area contributed by atoms with Crippen molar-refractivity contribution in [2.45, 2.75) is 6.42 Å². The normalized spacial score (nSPS) is 11.2. The molecule has 0 fully saturated rings. The number of nitrogens with zero attached hydrogens (tertiary/aromatic N) is 2. The van der Waals surface area contributed by atoms with Crippen molar-refractivity contribution in [2.75, 3.05) is 0 Å². The number of para-hydroxylation sites is 1. The first-order valence-corrected chi connectivity index (χ1v) is 8.63. The number of fused-ring (bicyclic) bond motifs is 1. The van der Waals surface area contributed by atoms with Crippen molar-refractivity contribution in [3.63, 3.8) is 0 Å². The van der Waals surface area contributed by atoms with Gasteiger partial charge in [-0.1, -0.05) is 12.1 Å². The summed E-state index contributed by atoms with van der Waals surface area (Å²) in [6.45, 7) is 0. The molecule has 23 heavy (non-hydrogen) atoms. The Hall–Kier alpha value is -2.18. The summed E-state index contributed by atoms with van der Waals surface area (Å²) < 4.78 is 27.5. The first-order chi connectivity index (χ1) is 11.2. The van der Waals surface area contributed by atoms with E-state index in [-0.39, 0.29) is 0 Å². The number of thiazole rings is 2. The zero-order valence-electron chi connectivity index (χ0n) is 11.8. The molecule has 0 radical (unpaired) electrons. The monoisotopic (exact) mass is 344 g/mol. The van der Waals surface area contributed by atoms with Gasteiger partial charge in [-0.05, 0) is 30.3 Å². The van der Waals surface area contributed by atoms with Crippen LogP contribution in [0.25, 0.3) is 21.5 Å². The molecular formula is C17H10F2N2S2. The lowest BCUT2D eigenvalue weighted by Gasteiger charge is -1.97. The standard InChI is InChI=1S/C17H10F2N2S2/c18-11-6-5-10(7-12(11)19)14-9-22-16(21-14)8-17-20-13-3-1-2-4-15(13)23-17/h1-7,9H,8H2. The van der Waals surface area contributed by atoms with Gasteiger partial charge in [0.05, 0.1) is 22.3 Å². The van der Waals surface area contributed by atoms with E-state index in [1.165, 1.54) is 23.5 Å². The molecule has 0 spiro atoms. The first kappa shape index (κ1) is 14.4. The van der Waals surface area contributed by atoms with E-state index in [1.54, 1.807) is 11.3 Å². The highest BCUT2D eigenvalue weighted by Gasteiger charge is 2.10. The van der Waals surface area contributed by atoms with Crippen LogP contribution in [0, 0.1) is 11.6 Å². The number of benzene rings is 2. The predicted molar refractivity (Wildman–Crippen MR) is 89.9 cm³/mol. The predicted octanol–water partition coefficient (Wildman–Crippen LogP) is 5.29. The van der Waals surface area contributed by atoms with Gasteiger partial charge in [0.2, 0.25) is 0 Å². The largest absolute Gasteiger partial charge is 0.241 e. The Bertz CT molecular complexity index is 958. The summed E-state index contributed by atoms with van der Waals surface area (Å²) in [5.41, 5.74) is 2.23. The first-order valence-electron chi connectivity index (χ1n) is 6.93. The second kappa shape index (κ2) is 5.79. The summed E-state index contributed by atoms with van der Waals surface area (Å²) in [6.07, 6.45) is 0.647. The second-order valence-electron chi connectivity index (χ2n) is 5.01. The molecule has 0 aliphatic heterocycles. The third-order valence-corrected chi connectivity index (χ3v) is 5.29. The van der Waals surface area contributed by atoms with Gasteiger partial charge in [-0.3, -0.25) is 0 Å². The highest BCUT2D eigenvalue weighted by atomic mass is 32.1. The molecule has 0 aliphatic rings. The highest BCUT2D eigenvalue weighted by Crippen LogP contribution is 2.27. The average molecular weight is 344 g/mol. The smallest absolute Gasteiger partial charge is 0.159 e. The molecule has 2 heterocycles. The maximum atomic E-state index is 13.3. The van der Waals surface area contributed by atoms with Crippen LogP contribution >= 0.6 is 22.7 Å². The molecule has 4 rings (SSSR count). The molecule has 0 atom stereocenters. The Kier molecular flexibility index (Phi) is 3.63. The number of aromatic nitrogens is 2. The molecule has 0 amide bonds. The van der Waals surface area contributed by atoms with Crippen LogP contribution in [0.5, 0.6) is 0 Å². The molecule has 114 valence electrons. The van der Waals surface area contributed by atoms with Gasteiger partial charge in [-0.2, -0.15) is 0 Å². The third-order valence-electron chi connectivity index (χ3n) is 3.41. The molecule has 6 heteroatoms. The van der Waals surface area contributed by atoms with E-state index in [4.69, 9.17) is 0 Å². The van der Waals surface area contributed by atoms with Crippen molar-refractivity contribution in [1.29, 1.82) is 0 Å². The zero-order chi connectivity index (χ0) is 15.8. The van der Waals surface area contributed by atoms with E-state index in [0.29, 0.717) is 17.7 Å². The Morgan fingerprint density at radius 3 is 2.61 bits per heavy atom. The maximum Gasteiger partial charge on any atom is 0.159 e. The van der Waals surface area contributed by atoms with Gasteiger partial charge >= 0.3 is 0 Å². The molecule has 0 bridgehead atoms. The number of hydrogen-bond donors (Lipinski definition) is 0. The Morgan fingerprint density at radius 1 is 0.913 bits per heavy atom. The van der Waals surface area contributed by atoms with E-state index < -0.39 is 11.6 Å². The number of halogens is 2. The number of rotatable bonds is 3. The van der Waals surface area contributed by atoms with Crippen LogP contribution in [-0.2, 0) is 6.42 Å².